The summed E-state index contributed by atoms with van der Waals surface area (Å²) in [6.07, 6.45) is 2.53. The van der Waals surface area contributed by atoms with Crippen LogP contribution in [-0.4, -0.2) is 19.0 Å². The van der Waals surface area contributed by atoms with E-state index in [1.165, 1.54) is 30.3 Å². The van der Waals surface area contributed by atoms with Crippen molar-refractivity contribution in [2.45, 2.75) is 27.7 Å². The summed E-state index contributed by atoms with van der Waals surface area (Å²) < 4.78 is 25.1. The molecule has 0 saturated heterocycles. The lowest BCUT2D eigenvalue weighted by Gasteiger charge is -2.00. The zero-order chi connectivity index (χ0) is 18.1. The summed E-state index contributed by atoms with van der Waals surface area (Å²) in [5, 5.41) is 0. The van der Waals surface area contributed by atoms with Gasteiger partial charge in [-0.15, -0.1) is 0 Å². The molecule has 2 nitrogen and oxygen atoms in total. The van der Waals surface area contributed by atoms with Gasteiger partial charge in [0.2, 0.25) is 0 Å². The fourth-order valence-corrected chi connectivity index (χ4v) is 1.92. The summed E-state index contributed by atoms with van der Waals surface area (Å²) in [5.74, 6) is 0.0682. The number of hydrogen-bond donors (Lipinski definition) is 0. The average molecular weight is 331 g/mol. The van der Waals surface area contributed by atoms with E-state index in [0.717, 1.165) is 24.0 Å². The minimum absolute atomic E-state index is 0.191. The molecule has 0 spiro atoms. The van der Waals surface area contributed by atoms with Crippen LogP contribution >= 0.6 is 0 Å². The van der Waals surface area contributed by atoms with Gasteiger partial charge in [-0.25, -0.2) is 8.78 Å². The number of hydrogen-bond acceptors (Lipinski definition) is 2. The molecule has 24 heavy (non-hydrogen) atoms. The number of rotatable bonds is 4. The summed E-state index contributed by atoms with van der Waals surface area (Å²) in [4.78, 5) is 14.5. The minimum atomic E-state index is -0.303. The van der Waals surface area contributed by atoms with Gasteiger partial charge >= 0.3 is 0 Å². The highest BCUT2D eigenvalue weighted by Crippen LogP contribution is 2.08. The van der Waals surface area contributed by atoms with E-state index in [2.05, 4.69) is 18.8 Å². The zero-order valence-electron chi connectivity index (χ0n) is 14.5. The van der Waals surface area contributed by atoms with Crippen molar-refractivity contribution in [2.75, 3.05) is 6.54 Å². The first-order chi connectivity index (χ1) is 11.3. The molecule has 0 fully saturated rings. The molecule has 0 atom stereocenters. The molecule has 4 heteroatoms. The maximum atomic E-state index is 12.8. The summed E-state index contributed by atoms with van der Waals surface area (Å²) in [7, 11) is 0. The Morgan fingerprint density at radius 1 is 0.958 bits per heavy atom. The number of aldehydes is 1. The maximum Gasteiger partial charge on any atom is 0.150 e. The number of aryl methyl sites for hydroxylation is 2. The van der Waals surface area contributed by atoms with Crippen LogP contribution < -0.4 is 0 Å². The van der Waals surface area contributed by atoms with E-state index in [4.69, 9.17) is 0 Å². The third kappa shape index (κ3) is 6.82. The Bertz CT molecular complexity index is 709. The molecule has 0 bridgehead atoms. The molecule has 0 amide bonds. The molecule has 2 aromatic rings. The van der Waals surface area contributed by atoms with Crippen LogP contribution in [0.1, 0.15) is 40.9 Å². The van der Waals surface area contributed by atoms with E-state index >= 15 is 0 Å². The molecule has 0 heterocycles. The zero-order valence-corrected chi connectivity index (χ0v) is 14.5. The van der Waals surface area contributed by atoms with Crippen molar-refractivity contribution in [3.8, 4) is 0 Å². The third-order valence-electron chi connectivity index (χ3n) is 3.29. The average Bonchev–Trinajstić information content (AvgIpc) is 2.50. The van der Waals surface area contributed by atoms with Gasteiger partial charge in [0.05, 0.1) is 0 Å². The number of carbonyl (C=O) groups excluding carboxylic acids is 1. The smallest absolute Gasteiger partial charge is 0.150 e. The van der Waals surface area contributed by atoms with Gasteiger partial charge in [-0.05, 0) is 66.8 Å². The van der Waals surface area contributed by atoms with Gasteiger partial charge in [-0.2, -0.15) is 0 Å². The van der Waals surface area contributed by atoms with Crippen molar-refractivity contribution in [1.29, 1.82) is 0 Å². The predicted octanol–water partition coefficient (Wildman–Crippen LogP) is 5.16. The van der Waals surface area contributed by atoms with Crippen molar-refractivity contribution in [3.63, 3.8) is 0 Å². The third-order valence-corrected chi connectivity index (χ3v) is 3.29. The van der Waals surface area contributed by atoms with Gasteiger partial charge < -0.3 is 0 Å². The number of carbonyl (C=O) groups is 1. The Labute approximate surface area is 142 Å². The highest BCUT2D eigenvalue weighted by Gasteiger charge is 1.97. The topological polar surface area (TPSA) is 29.4 Å². The molecule has 0 saturated carbocycles. The largest absolute Gasteiger partial charge is 0.298 e. The minimum Gasteiger partial charge on any atom is -0.298 e. The monoisotopic (exact) mass is 331 g/mol. The van der Waals surface area contributed by atoms with E-state index in [9.17, 15) is 13.6 Å². The molecule has 128 valence electrons. The van der Waals surface area contributed by atoms with E-state index in [1.54, 1.807) is 13.0 Å². The first-order valence-electron chi connectivity index (χ1n) is 7.80. The fourth-order valence-electron chi connectivity index (χ4n) is 1.92. The predicted molar refractivity (Wildman–Crippen MR) is 95.0 cm³/mol. The van der Waals surface area contributed by atoms with E-state index in [-0.39, 0.29) is 11.6 Å². The van der Waals surface area contributed by atoms with Gasteiger partial charge in [-0.3, -0.25) is 9.79 Å². The van der Waals surface area contributed by atoms with Gasteiger partial charge in [0.15, 0.2) is 0 Å². The van der Waals surface area contributed by atoms with E-state index < -0.39 is 0 Å². The van der Waals surface area contributed by atoms with Crippen LogP contribution in [-0.2, 0) is 0 Å². The van der Waals surface area contributed by atoms with Crippen LogP contribution in [0, 0.1) is 31.4 Å². The van der Waals surface area contributed by atoms with Crippen LogP contribution in [0.2, 0.25) is 0 Å². The lowest BCUT2D eigenvalue weighted by molar-refractivity contribution is 0.112. The van der Waals surface area contributed by atoms with Gasteiger partial charge in [0.25, 0.3) is 0 Å². The standard InChI is InChI=1S/C12H16FN.C8H7FO/c1-9(2)7-14-8-11-4-5-12(13)6-10(11)3;1-6-4-8(9)3-2-7(6)5-10/h4-6,8-9H,7H2,1-3H3;2-5H,1H3. The van der Waals surface area contributed by atoms with Crippen molar-refractivity contribution >= 4 is 12.5 Å². The number of benzene rings is 2. The first-order valence-corrected chi connectivity index (χ1v) is 7.80. The maximum absolute atomic E-state index is 12.8. The molecule has 2 rings (SSSR count). The lowest BCUT2D eigenvalue weighted by Crippen LogP contribution is -1.94. The van der Waals surface area contributed by atoms with Crippen molar-refractivity contribution in [1.82, 2.24) is 0 Å². The van der Waals surface area contributed by atoms with Gasteiger partial charge in [0.1, 0.15) is 17.9 Å². The Morgan fingerprint density at radius 2 is 1.46 bits per heavy atom. The van der Waals surface area contributed by atoms with Crippen LogP contribution in [0.4, 0.5) is 8.78 Å². The van der Waals surface area contributed by atoms with E-state index in [0.29, 0.717) is 17.0 Å². The number of aliphatic imine (C=N–C) groups is 1. The second-order valence-electron chi connectivity index (χ2n) is 6.01. The van der Waals surface area contributed by atoms with Crippen LogP contribution in [0.25, 0.3) is 0 Å². The van der Waals surface area contributed by atoms with Crippen LogP contribution in [0.3, 0.4) is 0 Å². The molecule has 0 aliphatic rings. The number of halogens is 2. The van der Waals surface area contributed by atoms with E-state index in [1.807, 2.05) is 13.1 Å². The Morgan fingerprint density at radius 3 is 1.88 bits per heavy atom. The second kappa shape index (κ2) is 9.71. The molecule has 0 N–H and O–H groups in total. The first kappa shape index (κ1) is 19.7. The van der Waals surface area contributed by atoms with Crippen LogP contribution in [0.15, 0.2) is 41.4 Å². The molecule has 0 aliphatic heterocycles. The van der Waals surface area contributed by atoms with Crippen molar-refractivity contribution in [3.05, 3.63) is 70.3 Å². The highest BCUT2D eigenvalue weighted by molar-refractivity contribution is 5.81. The van der Waals surface area contributed by atoms with Gasteiger partial charge in [-0.1, -0.05) is 19.9 Å². The molecule has 0 unspecified atom stereocenters. The van der Waals surface area contributed by atoms with Crippen LogP contribution in [0.5, 0.6) is 0 Å². The normalized spacial score (nSPS) is 10.6. The van der Waals surface area contributed by atoms with Gasteiger partial charge in [0, 0.05) is 18.3 Å². The highest BCUT2D eigenvalue weighted by atomic mass is 19.1. The molecular formula is C20H23F2NO. The molecule has 0 aromatic heterocycles. The fraction of sp³-hybridized carbons (Fsp3) is 0.300. The molecular weight excluding hydrogens is 308 g/mol. The molecule has 0 radical (unpaired) electrons. The summed E-state index contributed by atoms with van der Waals surface area (Å²) in [6, 6.07) is 8.83. The Kier molecular flexibility index (Phi) is 7.96. The van der Waals surface area contributed by atoms with Crippen molar-refractivity contribution < 1.29 is 13.6 Å². The van der Waals surface area contributed by atoms with Crippen molar-refractivity contribution in [2.24, 2.45) is 10.9 Å². The lowest BCUT2D eigenvalue weighted by atomic mass is 10.1. The Balaban J connectivity index is 0.000000254. The Hall–Kier alpha value is -2.36. The second-order valence-corrected chi connectivity index (χ2v) is 6.01. The molecule has 2 aromatic carbocycles. The SMILES string of the molecule is Cc1cc(F)ccc1C=NCC(C)C.Cc1cc(F)ccc1C=O. The molecule has 0 aliphatic carbocycles. The quantitative estimate of drug-likeness (QED) is 0.562. The summed E-state index contributed by atoms with van der Waals surface area (Å²) in [6.45, 7) is 8.65. The summed E-state index contributed by atoms with van der Waals surface area (Å²) in [5.41, 5.74) is 3.14. The number of nitrogens with zero attached hydrogens (tertiary/aromatic N) is 1. The summed E-state index contributed by atoms with van der Waals surface area (Å²) >= 11 is 0.